The lowest BCUT2D eigenvalue weighted by Gasteiger charge is -2.34. The third kappa shape index (κ3) is 6.55. The number of rotatable bonds is 8. The summed E-state index contributed by atoms with van der Waals surface area (Å²) in [4.78, 5) is 33.3. The molecule has 1 N–H and O–H groups in total. The van der Waals surface area contributed by atoms with Gasteiger partial charge >= 0.3 is 0 Å². The molecule has 1 aliphatic rings. The minimum absolute atomic E-state index is 0.0606. The van der Waals surface area contributed by atoms with Crippen molar-refractivity contribution in [3.8, 4) is 0 Å². The van der Waals surface area contributed by atoms with Gasteiger partial charge < -0.3 is 10.2 Å². The van der Waals surface area contributed by atoms with Crippen LogP contribution in [0, 0.1) is 6.92 Å². The largest absolute Gasteiger partial charge is 0.353 e. The predicted octanol–water partition coefficient (Wildman–Crippen LogP) is 3.42. The Kier molecular flexibility index (Phi) is 8.30. The normalized spacial score (nSPS) is 15.8. The molecule has 2 amide bonds. The fourth-order valence-corrected chi connectivity index (χ4v) is 5.01. The van der Waals surface area contributed by atoms with Gasteiger partial charge in [0.15, 0.2) is 0 Å². The van der Waals surface area contributed by atoms with Crippen LogP contribution in [0.25, 0.3) is 0 Å². The monoisotopic (exact) mass is 446 g/mol. The molecule has 6 nitrogen and oxygen atoms in total. The molecular formula is C22H30N4O2S2. The van der Waals surface area contributed by atoms with Crippen LogP contribution < -0.4 is 5.32 Å². The predicted molar refractivity (Wildman–Crippen MR) is 123 cm³/mol. The number of amides is 2. The Labute approximate surface area is 187 Å². The molecule has 3 rings (SSSR count). The summed E-state index contributed by atoms with van der Waals surface area (Å²) in [5.74, 6) is 0.970. The van der Waals surface area contributed by atoms with Crippen LogP contribution in [-0.4, -0.2) is 65.4 Å². The lowest BCUT2D eigenvalue weighted by molar-refractivity contribution is -0.123. The Balaban J connectivity index is 1.45. The highest BCUT2D eigenvalue weighted by atomic mass is 32.2. The average molecular weight is 447 g/mol. The SMILES string of the molecule is CCC(C)NC(=O)CN1CCN(C(=O)c2ccc(CSc3nc(C)cs3)cc2)CC1. The van der Waals surface area contributed by atoms with Crippen LogP contribution in [0.2, 0.25) is 0 Å². The number of aryl methyl sites for hydroxylation is 1. The Bertz CT molecular complexity index is 845. The maximum absolute atomic E-state index is 12.8. The van der Waals surface area contributed by atoms with Gasteiger partial charge in [0.1, 0.15) is 4.34 Å². The number of benzene rings is 1. The van der Waals surface area contributed by atoms with E-state index in [1.165, 1.54) is 5.56 Å². The summed E-state index contributed by atoms with van der Waals surface area (Å²) in [7, 11) is 0. The van der Waals surface area contributed by atoms with E-state index in [1.807, 2.05) is 43.0 Å². The molecule has 0 radical (unpaired) electrons. The maximum Gasteiger partial charge on any atom is 0.253 e. The van der Waals surface area contributed by atoms with Crippen molar-refractivity contribution in [2.24, 2.45) is 0 Å². The molecule has 2 heterocycles. The zero-order valence-corrected chi connectivity index (χ0v) is 19.5. The van der Waals surface area contributed by atoms with Crippen molar-refractivity contribution >= 4 is 34.9 Å². The molecule has 1 saturated heterocycles. The van der Waals surface area contributed by atoms with Crippen LogP contribution in [0.4, 0.5) is 0 Å². The number of carbonyl (C=O) groups excluding carboxylic acids is 2. The second kappa shape index (κ2) is 10.9. The number of nitrogens with zero attached hydrogens (tertiary/aromatic N) is 3. The first kappa shape index (κ1) is 22.8. The van der Waals surface area contributed by atoms with E-state index in [4.69, 9.17) is 0 Å². The number of thioether (sulfide) groups is 1. The molecule has 0 spiro atoms. The number of piperazine rings is 1. The van der Waals surface area contributed by atoms with Crippen LogP contribution in [0.1, 0.15) is 41.9 Å². The van der Waals surface area contributed by atoms with E-state index in [1.54, 1.807) is 23.1 Å². The molecule has 2 aromatic rings. The molecule has 162 valence electrons. The van der Waals surface area contributed by atoms with Crippen molar-refractivity contribution in [3.63, 3.8) is 0 Å². The highest BCUT2D eigenvalue weighted by Crippen LogP contribution is 2.26. The highest BCUT2D eigenvalue weighted by molar-refractivity contribution is 8.00. The Morgan fingerprint density at radius 1 is 1.20 bits per heavy atom. The van der Waals surface area contributed by atoms with Gasteiger partial charge in [-0.3, -0.25) is 14.5 Å². The molecule has 8 heteroatoms. The van der Waals surface area contributed by atoms with E-state index < -0.39 is 0 Å². The van der Waals surface area contributed by atoms with E-state index in [0.29, 0.717) is 19.6 Å². The fraction of sp³-hybridized carbons (Fsp3) is 0.500. The summed E-state index contributed by atoms with van der Waals surface area (Å²) >= 11 is 3.39. The molecule has 1 fully saturated rings. The molecule has 0 aliphatic carbocycles. The van der Waals surface area contributed by atoms with Gasteiger partial charge in [-0.1, -0.05) is 30.8 Å². The first-order chi connectivity index (χ1) is 14.4. The molecule has 1 aliphatic heterocycles. The van der Waals surface area contributed by atoms with Gasteiger partial charge in [0.25, 0.3) is 5.91 Å². The lowest BCUT2D eigenvalue weighted by Crippen LogP contribution is -2.51. The van der Waals surface area contributed by atoms with E-state index >= 15 is 0 Å². The molecule has 0 bridgehead atoms. The summed E-state index contributed by atoms with van der Waals surface area (Å²) in [6, 6.07) is 8.08. The van der Waals surface area contributed by atoms with Crippen molar-refractivity contribution < 1.29 is 9.59 Å². The zero-order valence-electron chi connectivity index (χ0n) is 17.9. The van der Waals surface area contributed by atoms with Crippen molar-refractivity contribution in [2.75, 3.05) is 32.7 Å². The molecule has 1 aromatic heterocycles. The van der Waals surface area contributed by atoms with Gasteiger partial charge in [0.2, 0.25) is 5.91 Å². The number of aromatic nitrogens is 1. The summed E-state index contributed by atoms with van der Waals surface area (Å²) in [6.07, 6.45) is 0.927. The minimum atomic E-state index is 0.0606. The zero-order chi connectivity index (χ0) is 21.5. The van der Waals surface area contributed by atoms with Crippen molar-refractivity contribution in [1.82, 2.24) is 20.1 Å². The summed E-state index contributed by atoms with van der Waals surface area (Å²) in [5.41, 5.74) is 2.96. The number of nitrogens with one attached hydrogen (secondary N) is 1. The first-order valence-corrected chi connectivity index (χ1v) is 12.3. The molecule has 1 unspecified atom stereocenters. The Morgan fingerprint density at radius 3 is 2.50 bits per heavy atom. The van der Waals surface area contributed by atoms with Gasteiger partial charge in [0.05, 0.1) is 6.54 Å². The fourth-order valence-electron chi connectivity index (χ4n) is 3.20. The molecule has 1 aromatic carbocycles. The third-order valence-electron chi connectivity index (χ3n) is 5.21. The van der Waals surface area contributed by atoms with Crippen LogP contribution in [0.3, 0.4) is 0 Å². The molecule has 0 saturated carbocycles. The van der Waals surface area contributed by atoms with E-state index in [9.17, 15) is 9.59 Å². The smallest absolute Gasteiger partial charge is 0.253 e. The van der Waals surface area contributed by atoms with Gasteiger partial charge in [-0.05, 0) is 38.0 Å². The van der Waals surface area contributed by atoms with Crippen molar-refractivity contribution in [1.29, 1.82) is 0 Å². The topological polar surface area (TPSA) is 65.5 Å². The highest BCUT2D eigenvalue weighted by Gasteiger charge is 2.23. The number of thiazole rings is 1. The van der Waals surface area contributed by atoms with Crippen LogP contribution in [-0.2, 0) is 10.5 Å². The van der Waals surface area contributed by atoms with Gasteiger partial charge in [-0.2, -0.15) is 0 Å². The van der Waals surface area contributed by atoms with Crippen molar-refractivity contribution in [2.45, 2.75) is 43.3 Å². The number of carbonyl (C=O) groups is 2. The van der Waals surface area contributed by atoms with Crippen LogP contribution in [0.5, 0.6) is 0 Å². The van der Waals surface area contributed by atoms with Gasteiger partial charge in [-0.25, -0.2) is 4.98 Å². The van der Waals surface area contributed by atoms with Crippen LogP contribution in [0.15, 0.2) is 34.0 Å². The second-order valence-electron chi connectivity index (χ2n) is 7.69. The average Bonchev–Trinajstić information content (AvgIpc) is 3.17. The molecule has 1 atom stereocenters. The van der Waals surface area contributed by atoms with Gasteiger partial charge in [0, 0.05) is 54.6 Å². The summed E-state index contributed by atoms with van der Waals surface area (Å²) < 4.78 is 1.07. The summed E-state index contributed by atoms with van der Waals surface area (Å²) in [5, 5.41) is 5.06. The van der Waals surface area contributed by atoms with E-state index in [2.05, 4.69) is 27.5 Å². The summed E-state index contributed by atoms with van der Waals surface area (Å²) in [6.45, 7) is 9.22. The van der Waals surface area contributed by atoms with Crippen LogP contribution >= 0.6 is 23.1 Å². The minimum Gasteiger partial charge on any atom is -0.353 e. The second-order valence-corrected chi connectivity index (χ2v) is 9.77. The van der Waals surface area contributed by atoms with Gasteiger partial charge in [-0.15, -0.1) is 11.3 Å². The Morgan fingerprint density at radius 2 is 1.90 bits per heavy atom. The third-order valence-corrected chi connectivity index (χ3v) is 7.42. The number of hydrogen-bond donors (Lipinski definition) is 1. The first-order valence-electron chi connectivity index (χ1n) is 10.4. The molecular weight excluding hydrogens is 416 g/mol. The van der Waals surface area contributed by atoms with E-state index in [0.717, 1.165) is 40.9 Å². The lowest BCUT2D eigenvalue weighted by atomic mass is 10.1. The van der Waals surface area contributed by atoms with Crippen molar-refractivity contribution in [3.05, 3.63) is 46.5 Å². The van der Waals surface area contributed by atoms with E-state index in [-0.39, 0.29) is 17.9 Å². The standard InChI is InChI=1S/C22H30N4O2S2/c1-4-16(2)23-20(27)13-25-9-11-26(12-10-25)21(28)19-7-5-18(6-8-19)15-30-22-24-17(3)14-29-22/h5-8,14,16H,4,9-13,15H2,1-3H3,(H,23,27). The Hall–Kier alpha value is -1.90. The quantitative estimate of drug-likeness (QED) is 0.630. The number of hydrogen-bond acceptors (Lipinski definition) is 6. The molecule has 30 heavy (non-hydrogen) atoms. The maximum atomic E-state index is 12.8.